The second-order valence-corrected chi connectivity index (χ2v) is 5.08. The number of para-hydroxylation sites is 1. The van der Waals surface area contributed by atoms with Crippen LogP contribution in [0, 0.1) is 6.92 Å². The van der Waals surface area contributed by atoms with Crippen molar-refractivity contribution in [3.05, 3.63) is 52.2 Å². The number of thiazole rings is 1. The van der Waals surface area contributed by atoms with Crippen LogP contribution >= 0.6 is 11.3 Å². The predicted octanol–water partition coefficient (Wildman–Crippen LogP) is 3.13. The molecule has 0 saturated heterocycles. The summed E-state index contributed by atoms with van der Waals surface area (Å²) < 4.78 is 5.74. The van der Waals surface area contributed by atoms with E-state index in [1.54, 1.807) is 11.7 Å². The first kappa shape index (κ1) is 11.9. The molecule has 96 valence electrons. The number of aromatic nitrogens is 1. The summed E-state index contributed by atoms with van der Waals surface area (Å²) in [6.07, 6.45) is 1.56. The van der Waals surface area contributed by atoms with Gasteiger partial charge in [0, 0.05) is 10.9 Å². The SMILES string of the molecule is Cc1c(CNC(=O)c2cncs2)oc2ccccc12. The summed E-state index contributed by atoms with van der Waals surface area (Å²) in [6, 6.07) is 7.86. The number of nitrogens with one attached hydrogen (secondary N) is 1. The van der Waals surface area contributed by atoms with Crippen LogP contribution in [-0.4, -0.2) is 10.9 Å². The Morgan fingerprint density at radius 2 is 2.26 bits per heavy atom. The van der Waals surface area contributed by atoms with Crippen LogP contribution in [0.2, 0.25) is 0 Å². The first-order chi connectivity index (χ1) is 9.25. The van der Waals surface area contributed by atoms with Gasteiger partial charge in [0.2, 0.25) is 0 Å². The third kappa shape index (κ3) is 2.24. The second-order valence-electron chi connectivity index (χ2n) is 4.19. The smallest absolute Gasteiger partial charge is 0.263 e. The summed E-state index contributed by atoms with van der Waals surface area (Å²) in [6.45, 7) is 2.39. The summed E-state index contributed by atoms with van der Waals surface area (Å²) in [5.74, 6) is 0.668. The maximum Gasteiger partial charge on any atom is 0.263 e. The van der Waals surface area contributed by atoms with Gasteiger partial charge in [-0.2, -0.15) is 0 Å². The molecule has 0 saturated carbocycles. The Labute approximate surface area is 114 Å². The quantitative estimate of drug-likeness (QED) is 0.797. The lowest BCUT2D eigenvalue weighted by atomic mass is 10.1. The first-order valence-corrected chi connectivity index (χ1v) is 6.77. The van der Waals surface area contributed by atoms with Crippen molar-refractivity contribution in [1.29, 1.82) is 0 Å². The van der Waals surface area contributed by atoms with Crippen LogP contribution in [0.5, 0.6) is 0 Å². The monoisotopic (exact) mass is 272 g/mol. The summed E-state index contributed by atoms with van der Waals surface area (Å²) in [4.78, 5) is 16.3. The minimum atomic E-state index is -0.123. The van der Waals surface area contributed by atoms with Gasteiger partial charge in [0.25, 0.3) is 5.91 Å². The van der Waals surface area contributed by atoms with Crippen LogP contribution in [0.25, 0.3) is 11.0 Å². The molecule has 0 unspecified atom stereocenters. The van der Waals surface area contributed by atoms with Gasteiger partial charge in [-0.25, -0.2) is 0 Å². The van der Waals surface area contributed by atoms with E-state index >= 15 is 0 Å². The Hall–Kier alpha value is -2.14. The number of aryl methyl sites for hydroxylation is 1. The van der Waals surface area contributed by atoms with Crippen LogP contribution in [0.1, 0.15) is 21.0 Å². The van der Waals surface area contributed by atoms with E-state index in [1.165, 1.54) is 11.3 Å². The molecule has 0 spiro atoms. The molecule has 4 nitrogen and oxygen atoms in total. The van der Waals surface area contributed by atoms with E-state index < -0.39 is 0 Å². The van der Waals surface area contributed by atoms with Crippen molar-refractivity contribution < 1.29 is 9.21 Å². The molecule has 0 atom stereocenters. The number of carbonyl (C=O) groups excluding carboxylic acids is 1. The average molecular weight is 272 g/mol. The highest BCUT2D eigenvalue weighted by molar-refractivity contribution is 7.11. The van der Waals surface area contributed by atoms with E-state index in [1.807, 2.05) is 31.2 Å². The molecule has 0 radical (unpaired) electrons. The fourth-order valence-electron chi connectivity index (χ4n) is 1.97. The van der Waals surface area contributed by atoms with Gasteiger partial charge in [0.05, 0.1) is 18.3 Å². The molecule has 19 heavy (non-hydrogen) atoms. The average Bonchev–Trinajstić information content (AvgIpc) is 3.05. The zero-order valence-electron chi connectivity index (χ0n) is 10.3. The molecule has 1 N–H and O–H groups in total. The summed E-state index contributed by atoms with van der Waals surface area (Å²) in [7, 11) is 0. The van der Waals surface area contributed by atoms with Crippen molar-refractivity contribution in [2.75, 3.05) is 0 Å². The molecule has 3 rings (SSSR count). The molecule has 0 aliphatic rings. The number of nitrogens with zero attached hydrogens (tertiary/aromatic N) is 1. The van der Waals surface area contributed by atoms with Gasteiger partial charge in [-0.15, -0.1) is 11.3 Å². The molecule has 0 aliphatic heterocycles. The van der Waals surface area contributed by atoms with Gasteiger partial charge in [-0.3, -0.25) is 9.78 Å². The molecule has 0 fully saturated rings. The Bertz CT molecular complexity index is 716. The third-order valence-corrected chi connectivity index (χ3v) is 3.78. The van der Waals surface area contributed by atoms with Crippen LogP contribution in [-0.2, 0) is 6.54 Å². The Morgan fingerprint density at radius 1 is 1.42 bits per heavy atom. The summed E-state index contributed by atoms with van der Waals surface area (Å²) in [5, 5.41) is 3.93. The molecule has 0 aliphatic carbocycles. The van der Waals surface area contributed by atoms with Gasteiger partial charge < -0.3 is 9.73 Å². The number of benzene rings is 1. The lowest BCUT2D eigenvalue weighted by Gasteiger charge is -2.01. The largest absolute Gasteiger partial charge is 0.459 e. The Morgan fingerprint density at radius 3 is 3.00 bits per heavy atom. The first-order valence-electron chi connectivity index (χ1n) is 5.89. The van der Waals surface area contributed by atoms with Gasteiger partial charge >= 0.3 is 0 Å². The van der Waals surface area contributed by atoms with E-state index in [2.05, 4.69) is 10.3 Å². The lowest BCUT2D eigenvalue weighted by molar-refractivity contribution is 0.0952. The predicted molar refractivity (Wildman–Crippen MR) is 74.2 cm³/mol. The molecule has 5 heteroatoms. The minimum absolute atomic E-state index is 0.123. The van der Waals surface area contributed by atoms with Crippen LogP contribution in [0.3, 0.4) is 0 Å². The molecular weight excluding hydrogens is 260 g/mol. The van der Waals surface area contributed by atoms with Crippen molar-refractivity contribution in [2.24, 2.45) is 0 Å². The lowest BCUT2D eigenvalue weighted by Crippen LogP contribution is -2.21. The number of hydrogen-bond acceptors (Lipinski definition) is 4. The fraction of sp³-hybridized carbons (Fsp3) is 0.143. The van der Waals surface area contributed by atoms with E-state index in [9.17, 15) is 4.79 Å². The number of hydrogen-bond donors (Lipinski definition) is 1. The second kappa shape index (κ2) is 4.85. The Balaban J connectivity index is 1.79. The van der Waals surface area contributed by atoms with E-state index in [-0.39, 0.29) is 5.91 Å². The van der Waals surface area contributed by atoms with Crippen molar-refractivity contribution in [3.63, 3.8) is 0 Å². The number of fused-ring (bicyclic) bond motifs is 1. The van der Waals surface area contributed by atoms with Crippen molar-refractivity contribution in [1.82, 2.24) is 10.3 Å². The number of furan rings is 1. The molecule has 1 aromatic carbocycles. The van der Waals surface area contributed by atoms with Gasteiger partial charge in [-0.1, -0.05) is 18.2 Å². The van der Waals surface area contributed by atoms with Crippen molar-refractivity contribution in [3.8, 4) is 0 Å². The molecule has 0 bridgehead atoms. The highest BCUT2D eigenvalue weighted by Gasteiger charge is 2.12. The zero-order valence-corrected chi connectivity index (χ0v) is 11.2. The van der Waals surface area contributed by atoms with Crippen molar-refractivity contribution >= 4 is 28.2 Å². The molecule has 1 amide bonds. The third-order valence-electron chi connectivity index (χ3n) is 3.01. The normalized spacial score (nSPS) is 10.8. The van der Waals surface area contributed by atoms with E-state index in [0.29, 0.717) is 11.4 Å². The van der Waals surface area contributed by atoms with Crippen LogP contribution < -0.4 is 5.32 Å². The standard InChI is InChI=1S/C14H12N2O2S/c1-9-10-4-2-3-5-11(10)18-12(9)6-16-14(17)13-7-15-8-19-13/h2-5,7-8H,6H2,1H3,(H,16,17). The van der Waals surface area contributed by atoms with Crippen LogP contribution in [0.4, 0.5) is 0 Å². The van der Waals surface area contributed by atoms with E-state index in [4.69, 9.17) is 4.42 Å². The van der Waals surface area contributed by atoms with Gasteiger partial charge in [-0.05, 0) is 13.0 Å². The number of rotatable bonds is 3. The van der Waals surface area contributed by atoms with Crippen molar-refractivity contribution in [2.45, 2.75) is 13.5 Å². The molecule has 2 heterocycles. The highest BCUT2D eigenvalue weighted by atomic mass is 32.1. The molecular formula is C14H12N2O2S. The minimum Gasteiger partial charge on any atom is -0.459 e. The number of carbonyl (C=O) groups is 1. The van der Waals surface area contributed by atoms with Gasteiger partial charge in [0.1, 0.15) is 16.2 Å². The number of amides is 1. The Kier molecular flexibility index (Phi) is 3.05. The summed E-state index contributed by atoms with van der Waals surface area (Å²) in [5.41, 5.74) is 3.56. The molecule has 3 aromatic rings. The maximum absolute atomic E-state index is 11.8. The zero-order chi connectivity index (χ0) is 13.2. The molecule has 2 aromatic heterocycles. The maximum atomic E-state index is 11.8. The summed E-state index contributed by atoms with van der Waals surface area (Å²) >= 11 is 1.32. The van der Waals surface area contributed by atoms with E-state index in [0.717, 1.165) is 22.3 Å². The topological polar surface area (TPSA) is 55.1 Å². The van der Waals surface area contributed by atoms with Crippen LogP contribution in [0.15, 0.2) is 40.4 Å². The fourth-order valence-corrected chi connectivity index (χ4v) is 2.51. The van der Waals surface area contributed by atoms with Gasteiger partial charge in [0.15, 0.2) is 0 Å². The highest BCUT2D eigenvalue weighted by Crippen LogP contribution is 2.24.